The number of nitrogens with one attached hydrogen (secondary N) is 1. The lowest BCUT2D eigenvalue weighted by Gasteiger charge is -2.36. The number of aryl methyl sites for hydroxylation is 1. The van der Waals surface area contributed by atoms with E-state index >= 15 is 0 Å². The van der Waals surface area contributed by atoms with Crippen LogP contribution in [0.25, 0.3) is 0 Å². The Morgan fingerprint density at radius 3 is 2.64 bits per heavy atom. The molecule has 2 rings (SSSR count). The van der Waals surface area contributed by atoms with E-state index in [2.05, 4.69) is 27.3 Å². The molecule has 124 valence electrons. The number of piperidine rings is 1. The summed E-state index contributed by atoms with van der Waals surface area (Å²) < 4.78 is 2.02. The standard InChI is InChI=1S/C15H28N6O/c1-4-5-8-17-14(22)11(2)20-9-6-13(7-10-20)21-12(3)18-19-15(21)16/h11,13H,4-10H2,1-3H3,(H2,16,19)(H,17,22). The van der Waals surface area contributed by atoms with Crippen molar-refractivity contribution in [2.45, 2.75) is 58.5 Å². The van der Waals surface area contributed by atoms with Gasteiger partial charge in [-0.3, -0.25) is 14.3 Å². The van der Waals surface area contributed by atoms with E-state index in [9.17, 15) is 4.79 Å². The molecule has 1 aromatic heterocycles. The molecule has 2 heterocycles. The number of rotatable bonds is 6. The number of nitrogens with two attached hydrogens (primary N) is 1. The summed E-state index contributed by atoms with van der Waals surface area (Å²) in [7, 11) is 0. The maximum absolute atomic E-state index is 12.1. The summed E-state index contributed by atoms with van der Waals surface area (Å²) in [6.07, 6.45) is 4.07. The topological polar surface area (TPSA) is 89.1 Å². The van der Waals surface area contributed by atoms with Crippen molar-refractivity contribution in [1.29, 1.82) is 0 Å². The van der Waals surface area contributed by atoms with Crippen molar-refractivity contribution in [1.82, 2.24) is 25.0 Å². The average Bonchev–Trinajstić information content (AvgIpc) is 2.86. The second kappa shape index (κ2) is 7.58. The number of aromatic nitrogens is 3. The van der Waals surface area contributed by atoms with Gasteiger partial charge in [-0.1, -0.05) is 13.3 Å². The smallest absolute Gasteiger partial charge is 0.237 e. The highest BCUT2D eigenvalue weighted by molar-refractivity contribution is 5.81. The zero-order valence-electron chi connectivity index (χ0n) is 13.9. The van der Waals surface area contributed by atoms with Crippen LogP contribution < -0.4 is 11.1 Å². The minimum absolute atomic E-state index is 0.0721. The van der Waals surface area contributed by atoms with E-state index in [0.29, 0.717) is 12.0 Å². The van der Waals surface area contributed by atoms with Gasteiger partial charge in [0.1, 0.15) is 5.82 Å². The summed E-state index contributed by atoms with van der Waals surface area (Å²) in [5.41, 5.74) is 5.89. The Morgan fingerprint density at radius 2 is 2.09 bits per heavy atom. The number of likely N-dealkylation sites (tertiary alicyclic amines) is 1. The summed E-state index contributed by atoms with van der Waals surface area (Å²) in [4.78, 5) is 14.4. The second-order valence-corrected chi connectivity index (χ2v) is 6.06. The number of carbonyl (C=O) groups excluding carboxylic acids is 1. The predicted molar refractivity (Wildman–Crippen MR) is 86.4 cm³/mol. The van der Waals surface area contributed by atoms with Crippen LogP contribution in [0, 0.1) is 6.92 Å². The van der Waals surface area contributed by atoms with Gasteiger partial charge in [0.2, 0.25) is 11.9 Å². The highest BCUT2D eigenvalue weighted by Gasteiger charge is 2.28. The first-order valence-electron chi connectivity index (χ1n) is 8.23. The molecule has 1 fully saturated rings. The van der Waals surface area contributed by atoms with Crippen LogP contribution >= 0.6 is 0 Å². The molecule has 1 atom stereocenters. The molecule has 3 N–H and O–H groups in total. The fourth-order valence-corrected chi connectivity index (χ4v) is 3.07. The Labute approximate surface area is 132 Å². The SMILES string of the molecule is CCCCNC(=O)C(C)N1CCC(n2c(C)nnc2N)CC1. The van der Waals surface area contributed by atoms with Crippen LogP contribution in [0.5, 0.6) is 0 Å². The van der Waals surface area contributed by atoms with E-state index in [1.807, 2.05) is 18.4 Å². The zero-order chi connectivity index (χ0) is 16.1. The maximum atomic E-state index is 12.1. The van der Waals surface area contributed by atoms with Crippen LogP contribution in [-0.2, 0) is 4.79 Å². The van der Waals surface area contributed by atoms with Gasteiger partial charge < -0.3 is 11.1 Å². The molecule has 1 aromatic rings. The molecule has 0 bridgehead atoms. The molecular formula is C15H28N6O. The Hall–Kier alpha value is -1.63. The monoisotopic (exact) mass is 308 g/mol. The fourth-order valence-electron chi connectivity index (χ4n) is 3.07. The van der Waals surface area contributed by atoms with Crippen LogP contribution in [0.4, 0.5) is 5.95 Å². The summed E-state index contributed by atoms with van der Waals surface area (Å²) in [6.45, 7) is 8.60. The van der Waals surface area contributed by atoms with Crippen LogP contribution in [0.1, 0.15) is 51.4 Å². The first-order chi connectivity index (χ1) is 10.5. The molecule has 22 heavy (non-hydrogen) atoms. The van der Waals surface area contributed by atoms with Gasteiger partial charge in [0.25, 0.3) is 0 Å². The van der Waals surface area contributed by atoms with E-state index in [1.165, 1.54) is 0 Å². The lowest BCUT2D eigenvalue weighted by Crippen LogP contribution is -2.48. The summed E-state index contributed by atoms with van der Waals surface area (Å²) >= 11 is 0. The highest BCUT2D eigenvalue weighted by Crippen LogP contribution is 2.26. The van der Waals surface area contributed by atoms with Crippen molar-refractivity contribution in [2.24, 2.45) is 0 Å². The van der Waals surface area contributed by atoms with Crippen molar-refractivity contribution in [3.63, 3.8) is 0 Å². The molecular weight excluding hydrogens is 280 g/mol. The van der Waals surface area contributed by atoms with Crippen molar-refractivity contribution in [3.05, 3.63) is 5.82 Å². The molecule has 1 saturated heterocycles. The largest absolute Gasteiger partial charge is 0.368 e. The first-order valence-corrected chi connectivity index (χ1v) is 8.23. The summed E-state index contributed by atoms with van der Waals surface area (Å²) in [5, 5.41) is 11.0. The molecule has 0 spiro atoms. The van der Waals surface area contributed by atoms with Crippen LogP contribution in [0.15, 0.2) is 0 Å². The van der Waals surface area contributed by atoms with E-state index in [4.69, 9.17) is 5.73 Å². The van der Waals surface area contributed by atoms with Gasteiger partial charge in [0.15, 0.2) is 0 Å². The molecule has 7 heteroatoms. The minimum atomic E-state index is -0.0721. The van der Waals surface area contributed by atoms with Crippen molar-refractivity contribution >= 4 is 11.9 Å². The van der Waals surface area contributed by atoms with Crippen LogP contribution in [0.2, 0.25) is 0 Å². The quantitative estimate of drug-likeness (QED) is 0.769. The van der Waals surface area contributed by atoms with Crippen molar-refractivity contribution in [2.75, 3.05) is 25.4 Å². The summed E-state index contributed by atoms with van der Waals surface area (Å²) in [6, 6.07) is 0.263. The number of unbranched alkanes of at least 4 members (excludes halogenated alkanes) is 1. The molecule has 0 aromatic carbocycles. The third-order valence-electron chi connectivity index (χ3n) is 4.51. The van der Waals surface area contributed by atoms with Gasteiger partial charge in [-0.2, -0.15) is 0 Å². The molecule has 0 radical (unpaired) electrons. The van der Waals surface area contributed by atoms with Gasteiger partial charge in [-0.15, -0.1) is 10.2 Å². The van der Waals surface area contributed by atoms with Gasteiger partial charge in [0.05, 0.1) is 6.04 Å². The molecule has 0 saturated carbocycles. The number of carbonyl (C=O) groups is 1. The third-order valence-corrected chi connectivity index (χ3v) is 4.51. The van der Waals surface area contributed by atoms with E-state index < -0.39 is 0 Å². The van der Waals surface area contributed by atoms with Gasteiger partial charge >= 0.3 is 0 Å². The Bertz CT molecular complexity index is 473. The van der Waals surface area contributed by atoms with E-state index in [-0.39, 0.29) is 11.9 Å². The Kier molecular flexibility index (Phi) is 5.76. The van der Waals surface area contributed by atoms with Gasteiger partial charge in [-0.05, 0) is 33.1 Å². The highest BCUT2D eigenvalue weighted by atomic mass is 16.2. The Morgan fingerprint density at radius 1 is 1.41 bits per heavy atom. The number of hydrogen-bond acceptors (Lipinski definition) is 5. The molecule has 1 amide bonds. The second-order valence-electron chi connectivity index (χ2n) is 6.06. The van der Waals surface area contributed by atoms with E-state index in [0.717, 1.165) is 51.1 Å². The maximum Gasteiger partial charge on any atom is 0.237 e. The molecule has 7 nitrogen and oxygen atoms in total. The zero-order valence-corrected chi connectivity index (χ0v) is 13.9. The third kappa shape index (κ3) is 3.76. The van der Waals surface area contributed by atoms with Crippen LogP contribution in [0.3, 0.4) is 0 Å². The normalized spacial score (nSPS) is 18.3. The Balaban J connectivity index is 1.85. The van der Waals surface area contributed by atoms with E-state index in [1.54, 1.807) is 0 Å². The average molecular weight is 308 g/mol. The number of nitrogen functional groups attached to an aromatic ring is 1. The number of hydrogen-bond donors (Lipinski definition) is 2. The van der Waals surface area contributed by atoms with Gasteiger partial charge in [-0.25, -0.2) is 0 Å². The predicted octanol–water partition coefficient (Wildman–Crippen LogP) is 1.11. The molecule has 1 aliphatic rings. The van der Waals surface area contributed by atoms with Crippen molar-refractivity contribution < 1.29 is 4.79 Å². The number of anilines is 1. The number of amides is 1. The molecule has 1 unspecified atom stereocenters. The number of nitrogens with zero attached hydrogens (tertiary/aromatic N) is 4. The van der Waals surface area contributed by atoms with Crippen LogP contribution in [-0.4, -0.2) is 51.2 Å². The lowest BCUT2D eigenvalue weighted by atomic mass is 10.0. The summed E-state index contributed by atoms with van der Waals surface area (Å²) in [5.74, 6) is 1.48. The first kappa shape index (κ1) is 16.7. The molecule has 1 aliphatic heterocycles. The van der Waals surface area contributed by atoms with Gasteiger partial charge in [0, 0.05) is 25.7 Å². The van der Waals surface area contributed by atoms with Crippen molar-refractivity contribution in [3.8, 4) is 0 Å². The lowest BCUT2D eigenvalue weighted by molar-refractivity contribution is -0.126. The minimum Gasteiger partial charge on any atom is -0.368 e. The fraction of sp³-hybridized carbons (Fsp3) is 0.800. The molecule has 0 aliphatic carbocycles.